The maximum Gasteiger partial charge on any atom is 0.0627 e. The molecule has 1 saturated carbocycles. The molecule has 2 heteroatoms. The summed E-state index contributed by atoms with van der Waals surface area (Å²) < 4.78 is 5.61. The molecule has 2 N–H and O–H groups in total. The van der Waals surface area contributed by atoms with Gasteiger partial charge in [-0.2, -0.15) is 0 Å². The van der Waals surface area contributed by atoms with Gasteiger partial charge in [-0.25, -0.2) is 0 Å². The molecule has 2 atom stereocenters. The molecule has 1 rings (SSSR count). The van der Waals surface area contributed by atoms with Crippen molar-refractivity contribution in [3.63, 3.8) is 0 Å². The minimum atomic E-state index is 0.210. The summed E-state index contributed by atoms with van der Waals surface area (Å²) in [6.45, 7) is 9.12. The van der Waals surface area contributed by atoms with Crippen molar-refractivity contribution in [2.45, 2.75) is 59.1 Å². The van der Waals surface area contributed by atoms with E-state index in [-0.39, 0.29) is 5.41 Å². The Kier molecular flexibility index (Phi) is 3.27. The van der Waals surface area contributed by atoms with Gasteiger partial charge in [0.15, 0.2) is 0 Å². The molecular weight excluding hydrogens is 174 g/mol. The topological polar surface area (TPSA) is 35.2 Å². The summed E-state index contributed by atoms with van der Waals surface area (Å²) in [5.41, 5.74) is 6.67. The van der Waals surface area contributed by atoms with Crippen LogP contribution in [0.3, 0.4) is 0 Å². The summed E-state index contributed by atoms with van der Waals surface area (Å²) in [7, 11) is 1.82. The van der Waals surface area contributed by atoms with Gasteiger partial charge < -0.3 is 10.5 Å². The molecule has 14 heavy (non-hydrogen) atoms. The molecule has 2 unspecified atom stereocenters. The lowest BCUT2D eigenvalue weighted by atomic mass is 9.78. The quantitative estimate of drug-likeness (QED) is 0.659. The third-order valence-electron chi connectivity index (χ3n) is 3.50. The van der Waals surface area contributed by atoms with Gasteiger partial charge in [-0.1, -0.05) is 27.7 Å². The van der Waals surface area contributed by atoms with E-state index in [1.807, 2.05) is 7.11 Å². The van der Waals surface area contributed by atoms with Crippen LogP contribution in [-0.2, 0) is 4.74 Å². The van der Waals surface area contributed by atoms with Gasteiger partial charge in [-0.3, -0.25) is 0 Å². The van der Waals surface area contributed by atoms with Gasteiger partial charge in [0.05, 0.1) is 6.10 Å². The molecule has 1 aliphatic carbocycles. The van der Waals surface area contributed by atoms with E-state index in [2.05, 4.69) is 27.7 Å². The Labute approximate surface area is 88.2 Å². The highest BCUT2D eigenvalue weighted by atomic mass is 16.5. The van der Waals surface area contributed by atoms with Crippen LogP contribution in [0.2, 0.25) is 0 Å². The Balaban J connectivity index is 2.85. The predicted octanol–water partition coefficient (Wildman–Crippen LogP) is 2.57. The van der Waals surface area contributed by atoms with E-state index in [0.29, 0.717) is 17.6 Å². The molecule has 0 heterocycles. The molecule has 0 amide bonds. The SMILES string of the molecule is COC1CC(C)(C)CC(N)CC1(C)C. The molecule has 1 aliphatic rings. The average Bonchev–Trinajstić information content (AvgIpc) is 2.03. The average molecular weight is 199 g/mol. The molecule has 0 aromatic rings. The molecule has 1 fully saturated rings. The third kappa shape index (κ3) is 2.71. The standard InChI is InChI=1S/C12H25NO/c1-11(2)6-9(13)7-12(3,4)10(8-11)14-5/h9-10H,6-8,13H2,1-5H3. The zero-order chi connectivity index (χ0) is 11.0. The molecule has 0 saturated heterocycles. The summed E-state index contributed by atoms with van der Waals surface area (Å²) in [5, 5.41) is 0. The van der Waals surface area contributed by atoms with Crippen LogP contribution in [0.5, 0.6) is 0 Å². The van der Waals surface area contributed by atoms with Crippen molar-refractivity contribution in [1.29, 1.82) is 0 Å². The number of methoxy groups -OCH3 is 1. The smallest absolute Gasteiger partial charge is 0.0627 e. The Hall–Kier alpha value is -0.0800. The summed E-state index contributed by atoms with van der Waals surface area (Å²) in [6.07, 6.45) is 3.63. The zero-order valence-corrected chi connectivity index (χ0v) is 10.3. The van der Waals surface area contributed by atoms with Crippen molar-refractivity contribution in [1.82, 2.24) is 0 Å². The lowest BCUT2D eigenvalue weighted by molar-refractivity contribution is -0.0137. The van der Waals surface area contributed by atoms with Crippen molar-refractivity contribution in [2.24, 2.45) is 16.6 Å². The van der Waals surface area contributed by atoms with Crippen LogP contribution < -0.4 is 5.73 Å². The Morgan fingerprint density at radius 2 is 1.64 bits per heavy atom. The number of nitrogens with two attached hydrogens (primary N) is 1. The Morgan fingerprint density at radius 3 is 2.14 bits per heavy atom. The van der Waals surface area contributed by atoms with Crippen LogP contribution in [0.15, 0.2) is 0 Å². The van der Waals surface area contributed by atoms with Gasteiger partial charge >= 0.3 is 0 Å². The van der Waals surface area contributed by atoms with E-state index in [1.165, 1.54) is 0 Å². The number of rotatable bonds is 1. The lowest BCUT2D eigenvalue weighted by Gasteiger charge is -2.34. The number of ether oxygens (including phenoxy) is 1. The Bertz CT molecular complexity index is 198. The van der Waals surface area contributed by atoms with E-state index in [9.17, 15) is 0 Å². The van der Waals surface area contributed by atoms with Gasteiger partial charge in [0, 0.05) is 13.2 Å². The zero-order valence-electron chi connectivity index (χ0n) is 10.3. The van der Waals surface area contributed by atoms with Crippen molar-refractivity contribution in [3.8, 4) is 0 Å². The van der Waals surface area contributed by atoms with Crippen molar-refractivity contribution >= 4 is 0 Å². The van der Waals surface area contributed by atoms with Crippen LogP contribution >= 0.6 is 0 Å². The first-order chi connectivity index (χ1) is 6.27. The maximum atomic E-state index is 6.15. The fourth-order valence-electron chi connectivity index (χ4n) is 2.85. The molecule has 0 bridgehead atoms. The molecule has 84 valence electrons. The van der Waals surface area contributed by atoms with Crippen LogP contribution in [0.4, 0.5) is 0 Å². The third-order valence-corrected chi connectivity index (χ3v) is 3.50. The summed E-state index contributed by atoms with van der Waals surface area (Å²) in [4.78, 5) is 0. The van der Waals surface area contributed by atoms with Crippen molar-refractivity contribution in [2.75, 3.05) is 7.11 Å². The largest absolute Gasteiger partial charge is 0.381 e. The second-order valence-electron chi connectivity index (χ2n) is 6.25. The van der Waals surface area contributed by atoms with Gasteiger partial charge in [0.2, 0.25) is 0 Å². The second-order valence-corrected chi connectivity index (χ2v) is 6.25. The van der Waals surface area contributed by atoms with Gasteiger partial charge in [-0.05, 0) is 30.1 Å². The predicted molar refractivity (Wildman–Crippen MR) is 60.2 cm³/mol. The molecule has 0 radical (unpaired) electrons. The highest BCUT2D eigenvalue weighted by Gasteiger charge is 2.40. The first-order valence-corrected chi connectivity index (χ1v) is 5.55. The number of hydrogen-bond donors (Lipinski definition) is 1. The van der Waals surface area contributed by atoms with Gasteiger partial charge in [0.1, 0.15) is 0 Å². The van der Waals surface area contributed by atoms with Gasteiger partial charge in [-0.15, -0.1) is 0 Å². The normalized spacial score (nSPS) is 36.4. The van der Waals surface area contributed by atoms with E-state index in [4.69, 9.17) is 10.5 Å². The highest BCUT2D eigenvalue weighted by molar-refractivity contribution is 4.92. The molecular formula is C12H25NO. The van der Waals surface area contributed by atoms with Gasteiger partial charge in [0.25, 0.3) is 0 Å². The lowest BCUT2D eigenvalue weighted by Crippen LogP contribution is -2.34. The van der Waals surface area contributed by atoms with Crippen LogP contribution in [0.25, 0.3) is 0 Å². The van der Waals surface area contributed by atoms with Crippen molar-refractivity contribution in [3.05, 3.63) is 0 Å². The molecule has 0 aromatic carbocycles. The van der Waals surface area contributed by atoms with Crippen LogP contribution in [0.1, 0.15) is 47.0 Å². The van der Waals surface area contributed by atoms with Crippen molar-refractivity contribution < 1.29 is 4.74 Å². The Morgan fingerprint density at radius 1 is 1.07 bits per heavy atom. The molecule has 2 nitrogen and oxygen atoms in total. The van der Waals surface area contributed by atoms with E-state index in [1.54, 1.807) is 0 Å². The summed E-state index contributed by atoms with van der Waals surface area (Å²) in [6, 6.07) is 0.320. The monoisotopic (exact) mass is 199 g/mol. The highest BCUT2D eigenvalue weighted by Crippen LogP contribution is 2.42. The second kappa shape index (κ2) is 3.82. The summed E-state index contributed by atoms with van der Waals surface area (Å²) in [5.74, 6) is 0. The number of hydrogen-bond acceptors (Lipinski definition) is 2. The van der Waals surface area contributed by atoms with E-state index in [0.717, 1.165) is 19.3 Å². The fourth-order valence-corrected chi connectivity index (χ4v) is 2.85. The van der Waals surface area contributed by atoms with E-state index < -0.39 is 0 Å². The summed E-state index contributed by atoms with van der Waals surface area (Å²) >= 11 is 0. The maximum absolute atomic E-state index is 6.15. The van der Waals surface area contributed by atoms with Crippen LogP contribution in [0, 0.1) is 10.8 Å². The first-order valence-electron chi connectivity index (χ1n) is 5.55. The fraction of sp³-hybridized carbons (Fsp3) is 1.00. The molecule has 0 aromatic heterocycles. The first kappa shape index (κ1) is 12.0. The minimum Gasteiger partial charge on any atom is -0.381 e. The van der Waals surface area contributed by atoms with E-state index >= 15 is 0 Å². The molecule has 0 spiro atoms. The van der Waals surface area contributed by atoms with Crippen LogP contribution in [-0.4, -0.2) is 19.3 Å². The minimum absolute atomic E-state index is 0.210. The molecule has 0 aliphatic heterocycles.